The number of hydrogen-bond acceptors (Lipinski definition) is 4. The molecule has 76 valence electrons. The normalized spacial score (nSPS) is 9.93. The summed E-state index contributed by atoms with van der Waals surface area (Å²) in [6.45, 7) is 0. The Bertz CT molecular complexity index is 467. The molecule has 4 nitrogen and oxygen atoms in total. The summed E-state index contributed by atoms with van der Waals surface area (Å²) in [6.07, 6.45) is 4.49. The van der Waals surface area contributed by atoms with Crippen molar-refractivity contribution in [3.05, 3.63) is 47.1 Å². The van der Waals surface area contributed by atoms with Gasteiger partial charge in [0.2, 0.25) is 5.76 Å². The number of carbonyl (C=O) groups excluding carboxylic acids is 1. The quantitative estimate of drug-likeness (QED) is 0.785. The molecule has 0 unspecified atom stereocenters. The number of nitrogens with zero attached hydrogens (tertiary/aromatic N) is 1. The van der Waals surface area contributed by atoms with Crippen molar-refractivity contribution in [3.8, 4) is 5.75 Å². The van der Waals surface area contributed by atoms with E-state index in [1.165, 1.54) is 6.26 Å². The molecule has 0 bridgehead atoms. The van der Waals surface area contributed by atoms with Crippen molar-refractivity contribution in [1.82, 2.24) is 4.98 Å². The van der Waals surface area contributed by atoms with E-state index in [4.69, 9.17) is 9.15 Å². The second-order valence-electron chi connectivity index (χ2n) is 2.67. The van der Waals surface area contributed by atoms with E-state index >= 15 is 0 Å². The zero-order valence-corrected chi connectivity index (χ0v) is 9.10. The highest BCUT2D eigenvalue weighted by atomic mass is 79.9. The lowest BCUT2D eigenvalue weighted by atomic mass is 10.4. The van der Waals surface area contributed by atoms with Crippen LogP contribution in [0.4, 0.5) is 0 Å². The van der Waals surface area contributed by atoms with Crippen LogP contribution in [0.25, 0.3) is 0 Å². The molecule has 0 radical (unpaired) electrons. The van der Waals surface area contributed by atoms with Crippen LogP contribution in [0.3, 0.4) is 0 Å². The first kappa shape index (κ1) is 9.92. The summed E-state index contributed by atoms with van der Waals surface area (Å²) in [5, 5.41) is 0. The molecule has 2 heterocycles. The van der Waals surface area contributed by atoms with E-state index < -0.39 is 5.97 Å². The van der Waals surface area contributed by atoms with Gasteiger partial charge in [0.1, 0.15) is 5.75 Å². The van der Waals surface area contributed by atoms with E-state index in [1.807, 2.05) is 0 Å². The Morgan fingerprint density at radius 3 is 2.67 bits per heavy atom. The molecule has 15 heavy (non-hydrogen) atoms. The molecule has 5 heteroatoms. The van der Waals surface area contributed by atoms with Gasteiger partial charge in [-0.25, -0.2) is 4.79 Å². The molecule has 0 fully saturated rings. The fourth-order valence-electron chi connectivity index (χ4n) is 0.999. The van der Waals surface area contributed by atoms with Gasteiger partial charge < -0.3 is 9.15 Å². The third-order valence-corrected chi connectivity index (χ3v) is 2.29. The van der Waals surface area contributed by atoms with Crippen LogP contribution >= 0.6 is 15.9 Å². The topological polar surface area (TPSA) is 52.3 Å². The van der Waals surface area contributed by atoms with Crippen LogP contribution in [0.1, 0.15) is 10.6 Å². The second-order valence-corrected chi connectivity index (χ2v) is 3.52. The van der Waals surface area contributed by atoms with Crippen LogP contribution < -0.4 is 4.74 Å². The van der Waals surface area contributed by atoms with E-state index in [0.717, 1.165) is 0 Å². The van der Waals surface area contributed by atoms with Crippen LogP contribution in [0.2, 0.25) is 0 Å². The van der Waals surface area contributed by atoms with Crippen molar-refractivity contribution in [1.29, 1.82) is 0 Å². The van der Waals surface area contributed by atoms with E-state index in [0.29, 0.717) is 10.2 Å². The lowest BCUT2D eigenvalue weighted by Crippen LogP contribution is -2.07. The summed E-state index contributed by atoms with van der Waals surface area (Å²) in [4.78, 5) is 15.3. The number of hydrogen-bond donors (Lipinski definition) is 0. The highest BCUT2D eigenvalue weighted by Crippen LogP contribution is 2.19. The SMILES string of the molecule is O=C(Oc1ccncc1)c1occc1Br. The summed E-state index contributed by atoms with van der Waals surface area (Å²) in [5.41, 5.74) is 0. The maximum atomic E-state index is 11.5. The number of carbonyl (C=O) groups is 1. The first-order valence-corrected chi connectivity index (χ1v) is 4.92. The van der Waals surface area contributed by atoms with Gasteiger partial charge in [0, 0.05) is 12.4 Å². The van der Waals surface area contributed by atoms with Crippen molar-refractivity contribution < 1.29 is 13.9 Å². The molecule has 0 aromatic carbocycles. The number of aromatic nitrogens is 1. The minimum atomic E-state index is -0.543. The number of pyridine rings is 1. The van der Waals surface area contributed by atoms with Crippen LogP contribution in [-0.4, -0.2) is 11.0 Å². The molecule has 0 atom stereocenters. The Kier molecular flexibility index (Phi) is 2.82. The van der Waals surface area contributed by atoms with Gasteiger partial charge in [0.25, 0.3) is 0 Å². The molecule has 2 rings (SSSR count). The van der Waals surface area contributed by atoms with Crippen LogP contribution in [0.5, 0.6) is 5.75 Å². The third kappa shape index (κ3) is 2.24. The smallest absolute Gasteiger partial charge is 0.380 e. The largest absolute Gasteiger partial charge is 0.456 e. The fraction of sp³-hybridized carbons (Fsp3) is 0. The van der Waals surface area contributed by atoms with Gasteiger partial charge in [-0.2, -0.15) is 0 Å². The van der Waals surface area contributed by atoms with E-state index in [1.54, 1.807) is 30.6 Å². The van der Waals surface area contributed by atoms with Gasteiger partial charge >= 0.3 is 5.97 Å². The molecule has 0 saturated carbocycles. The van der Waals surface area contributed by atoms with E-state index in [9.17, 15) is 4.79 Å². The highest BCUT2D eigenvalue weighted by molar-refractivity contribution is 9.10. The molecule has 0 saturated heterocycles. The average molecular weight is 268 g/mol. The number of ether oxygens (including phenoxy) is 1. The number of furan rings is 1. The molecule has 0 amide bonds. The average Bonchev–Trinajstić information content (AvgIpc) is 2.66. The van der Waals surface area contributed by atoms with Crippen molar-refractivity contribution in [2.75, 3.05) is 0 Å². The molecule has 0 aliphatic heterocycles. The van der Waals surface area contributed by atoms with Gasteiger partial charge in [-0.3, -0.25) is 4.98 Å². The van der Waals surface area contributed by atoms with Crippen LogP contribution in [-0.2, 0) is 0 Å². The zero-order valence-electron chi connectivity index (χ0n) is 7.51. The van der Waals surface area contributed by atoms with Gasteiger partial charge in [0.05, 0.1) is 10.7 Å². The first-order chi connectivity index (χ1) is 7.27. The minimum Gasteiger partial charge on any atom is -0.456 e. The second kappa shape index (κ2) is 4.27. The predicted octanol–water partition coefficient (Wildman–Crippen LogP) is 2.66. The van der Waals surface area contributed by atoms with Gasteiger partial charge in [-0.1, -0.05) is 0 Å². The monoisotopic (exact) mass is 267 g/mol. The first-order valence-electron chi connectivity index (χ1n) is 4.12. The summed E-state index contributed by atoms with van der Waals surface area (Å²) < 4.78 is 10.6. The number of rotatable bonds is 2. The zero-order chi connectivity index (χ0) is 10.7. The van der Waals surface area contributed by atoms with E-state index in [-0.39, 0.29) is 5.76 Å². The molecule has 0 spiro atoms. The lowest BCUT2D eigenvalue weighted by molar-refractivity contribution is 0.0700. The third-order valence-electron chi connectivity index (χ3n) is 1.66. The fourth-order valence-corrected chi connectivity index (χ4v) is 1.36. The maximum absolute atomic E-state index is 11.5. The van der Waals surface area contributed by atoms with Crippen molar-refractivity contribution in [2.45, 2.75) is 0 Å². The Balaban J connectivity index is 2.15. The van der Waals surface area contributed by atoms with Crippen LogP contribution in [0, 0.1) is 0 Å². The van der Waals surface area contributed by atoms with Crippen LogP contribution in [0.15, 0.2) is 45.7 Å². The Labute approximate surface area is 94.0 Å². The summed E-state index contributed by atoms with van der Waals surface area (Å²) in [6, 6.07) is 4.81. The van der Waals surface area contributed by atoms with Gasteiger partial charge in [-0.05, 0) is 34.1 Å². The lowest BCUT2D eigenvalue weighted by Gasteiger charge is -2.00. The molecule has 0 N–H and O–H groups in total. The maximum Gasteiger partial charge on any atom is 0.380 e. The molecule has 0 aliphatic rings. The highest BCUT2D eigenvalue weighted by Gasteiger charge is 2.15. The number of esters is 1. The standard InChI is InChI=1S/C10H6BrNO3/c11-8-3-6-14-9(8)10(13)15-7-1-4-12-5-2-7/h1-6H. The van der Waals surface area contributed by atoms with Gasteiger partial charge in [-0.15, -0.1) is 0 Å². The molecule has 2 aromatic rings. The van der Waals surface area contributed by atoms with Gasteiger partial charge in [0.15, 0.2) is 0 Å². The predicted molar refractivity (Wildman–Crippen MR) is 55.6 cm³/mol. The summed E-state index contributed by atoms with van der Waals surface area (Å²) in [7, 11) is 0. The molecule has 0 aliphatic carbocycles. The van der Waals surface area contributed by atoms with E-state index in [2.05, 4.69) is 20.9 Å². The summed E-state index contributed by atoms with van der Waals surface area (Å²) in [5.74, 6) is 0.0307. The number of halogens is 1. The Morgan fingerprint density at radius 2 is 2.07 bits per heavy atom. The van der Waals surface area contributed by atoms with Crippen molar-refractivity contribution >= 4 is 21.9 Å². The Morgan fingerprint density at radius 1 is 1.33 bits per heavy atom. The molecular formula is C10H6BrNO3. The Hall–Kier alpha value is -1.62. The minimum absolute atomic E-state index is 0.145. The summed E-state index contributed by atoms with van der Waals surface area (Å²) >= 11 is 3.17. The van der Waals surface area contributed by atoms with Crippen molar-refractivity contribution in [3.63, 3.8) is 0 Å². The van der Waals surface area contributed by atoms with Crippen molar-refractivity contribution in [2.24, 2.45) is 0 Å². The molecule has 2 aromatic heterocycles. The molecular weight excluding hydrogens is 262 g/mol.